The SMILES string of the molecule is C.C=CCN.C=CC[C@@H]1/C=C(\C)C[C@H](C)C[C@H](C)[C@H]2O[C@@](O)(C(=O)C(=O)N3CCCC[C@H]3C(=O)O[C@H](/C(C)=C/[C@@H]3CC[C@@H](O)[C@H](OC)C3)C(C)[C@@H](O)CC1=O)[C@H](C)C[C@@H]2[SiH3].CO[C@@H]1C[C@H](/C=C(\C)[C@H]2OC(=O)[C@@H]3CCCCN3C(=O)C(=O)[C@]3(O)O[C@H]([C@@H](C)C[C@@H](C)C/C(C)=C/[C@@H](CC=CCN)C(=O)C[C@H](O)C2C)[C@@H](C)C[C@H]3C)CC[C@H]1O. The van der Waals surface area contributed by atoms with Crippen molar-refractivity contribution >= 4 is 57.1 Å². The highest BCUT2D eigenvalue weighted by Gasteiger charge is 2.57. The molecule has 2 unspecified atom stereocenters. The van der Waals surface area contributed by atoms with Crippen molar-refractivity contribution < 1.29 is 97.4 Å². The molecule has 25 heteroatoms. The lowest BCUT2D eigenvalue weighted by Crippen LogP contribution is -2.62. The third kappa shape index (κ3) is 27.5. The number of hydrogen-bond donors (Lipinski definition) is 8. The number of ketones is 4. The molecule has 8 rings (SSSR count). The molecule has 28 atom stereocenters. The van der Waals surface area contributed by atoms with Crippen molar-refractivity contribution in [3.8, 4) is 0 Å². The number of cyclic esters (lactones) is 2. The molecule has 664 valence electrons. The van der Waals surface area contributed by atoms with Crippen molar-refractivity contribution in [2.45, 2.75) is 329 Å². The maximum atomic E-state index is 14.3. The topological polar surface area (TPSA) is 372 Å². The van der Waals surface area contributed by atoms with Crippen molar-refractivity contribution in [1.82, 2.24) is 9.80 Å². The number of hydrogen-bond acceptors (Lipinski definition) is 22. The molecule has 10 N–H and O–H groups in total. The zero-order valence-electron chi connectivity index (χ0n) is 72.9. The maximum Gasteiger partial charge on any atom is 0.329 e. The molecule has 24 nitrogen and oxygen atoms in total. The van der Waals surface area contributed by atoms with Crippen molar-refractivity contribution in [3.05, 3.63) is 84.1 Å². The summed E-state index contributed by atoms with van der Waals surface area (Å²) in [7, 11) is 3.92. The van der Waals surface area contributed by atoms with Gasteiger partial charge in [0.25, 0.3) is 23.4 Å². The minimum atomic E-state index is -2.36. The average molecular weight is 1660 g/mol. The van der Waals surface area contributed by atoms with Gasteiger partial charge < -0.3 is 80.3 Å². The van der Waals surface area contributed by atoms with Gasteiger partial charge in [0.2, 0.25) is 11.6 Å². The molecule has 2 aliphatic carbocycles. The van der Waals surface area contributed by atoms with Crippen LogP contribution >= 0.6 is 0 Å². The number of carbonyl (C=O) groups is 8. The Bertz CT molecular complexity index is 3450. The zero-order valence-corrected chi connectivity index (χ0v) is 74.9. The van der Waals surface area contributed by atoms with E-state index in [4.69, 9.17) is 39.9 Å². The quantitative estimate of drug-likeness (QED) is 0.0389. The van der Waals surface area contributed by atoms with E-state index in [0.29, 0.717) is 121 Å². The van der Waals surface area contributed by atoms with Crippen LogP contribution in [0.25, 0.3) is 0 Å². The smallest absolute Gasteiger partial charge is 0.329 e. The number of fused-ring (bicyclic) bond motifs is 6. The van der Waals surface area contributed by atoms with E-state index in [2.05, 4.69) is 33.9 Å². The minimum Gasteiger partial charge on any atom is -0.456 e. The molecule has 0 aromatic heterocycles. The number of esters is 2. The van der Waals surface area contributed by atoms with Crippen LogP contribution in [-0.2, 0) is 66.8 Å². The Morgan fingerprint density at radius 2 is 0.923 bits per heavy atom. The monoisotopic (exact) mass is 1660 g/mol. The fourth-order valence-electron chi connectivity index (χ4n) is 19.8. The summed E-state index contributed by atoms with van der Waals surface area (Å²) in [5.74, 6) is -13.8. The highest BCUT2D eigenvalue weighted by atomic mass is 28.1. The second-order valence-electron chi connectivity index (χ2n) is 36.3. The van der Waals surface area contributed by atoms with Gasteiger partial charge in [-0.2, -0.15) is 0 Å². The summed E-state index contributed by atoms with van der Waals surface area (Å²) in [5, 5.41) is 68.2. The summed E-state index contributed by atoms with van der Waals surface area (Å²) < 4.78 is 36.3. The van der Waals surface area contributed by atoms with Gasteiger partial charge >= 0.3 is 11.9 Å². The van der Waals surface area contributed by atoms with Crippen LogP contribution in [0.15, 0.2) is 84.1 Å². The van der Waals surface area contributed by atoms with E-state index in [1.54, 1.807) is 54.1 Å². The highest BCUT2D eigenvalue weighted by molar-refractivity contribution is 6.39. The summed E-state index contributed by atoms with van der Waals surface area (Å²) in [5.41, 5.74) is 14.2. The first-order valence-electron chi connectivity index (χ1n) is 43.5. The first-order valence-corrected chi connectivity index (χ1v) is 44.6. The average Bonchev–Trinajstić information content (AvgIpc) is 0.774. The van der Waals surface area contributed by atoms with Gasteiger partial charge in [-0.25, -0.2) is 9.59 Å². The molecule has 6 heterocycles. The van der Waals surface area contributed by atoms with Crippen LogP contribution in [0.5, 0.6) is 0 Å². The molecule has 0 radical (unpaired) electrons. The van der Waals surface area contributed by atoms with E-state index < -0.39 is 143 Å². The Kier molecular flexibility index (Phi) is 41.7. The Balaban J connectivity index is 0.000000396. The summed E-state index contributed by atoms with van der Waals surface area (Å²) in [6.45, 7) is 33.5. The van der Waals surface area contributed by atoms with Crippen molar-refractivity contribution in [2.24, 2.45) is 88.4 Å². The standard InChI is InChI=1S/C45H72N2O10.C43H69NO10Si.C3H7N.CH4/c1-26-19-27(2)21-34(13-9-11-17-46)38(50)25-37(49)32(7)41(30(5)23-33-15-16-36(48)39(24-33)55-8)56-44(53)35-14-10-12-18-47(35)43(52)42(51)45(54)31(6)22-29(4)40(57-45)28(3)20-26;1-9-12-31-19-25(3)17-24(2)18-26(4)39-37(55)21-28(6)43(51,54-39)40(48)41(49)44-16-11-10-13-32(44)42(50)53-38(29(7)34(46)23-35(31)47)27(5)20-30-14-15-33(45)36(22-30)52-8;1-2-3-4;/h9,11,21,23,26,28-29,31-37,39-41,48-49,54H,10,12-20,22,24-25,46H2,1-8H3;9,19-20,24,26,28-34,36-39,45-46,51H,1,10-18,21-23H2,2-8,55H3;2H,1,3-4H2;1H4/b11-9?,27-21+,30-23+;25-19+,27-20+;;/t26-,28-,29-,31+,32?,33-,34+,35-,36+,37-,39+,40+,41+,45+;24-,26-,28+,29?,30-,31+,32-,33+,34-,36+,37-,38+,39+,43+;;/m00../s1. The van der Waals surface area contributed by atoms with Gasteiger partial charge in [0.05, 0.1) is 48.8 Å². The van der Waals surface area contributed by atoms with Crippen LogP contribution < -0.4 is 11.5 Å². The summed E-state index contributed by atoms with van der Waals surface area (Å²) in [6.07, 6.45) is 18.9. The third-order valence-corrected chi connectivity index (χ3v) is 27.4. The predicted octanol–water partition coefficient (Wildman–Crippen LogP) is 10.4. The summed E-state index contributed by atoms with van der Waals surface area (Å²) >= 11 is 0. The van der Waals surface area contributed by atoms with Gasteiger partial charge in [-0.15, -0.1) is 13.2 Å². The fourth-order valence-corrected chi connectivity index (χ4v) is 21.3. The summed E-state index contributed by atoms with van der Waals surface area (Å²) in [4.78, 5) is 116. The second-order valence-corrected chi connectivity index (χ2v) is 37.8. The number of Topliss-reactive ketones (excluding diaryl/α,β-unsaturated/α-hetero) is 4. The molecular formula is C92H152N4O20Si. The predicted molar refractivity (Wildman–Crippen MR) is 457 cm³/mol. The third-order valence-electron chi connectivity index (χ3n) is 26.3. The van der Waals surface area contributed by atoms with Crippen LogP contribution in [0.4, 0.5) is 0 Å². The molecule has 2 saturated carbocycles. The van der Waals surface area contributed by atoms with E-state index in [1.807, 2.05) is 78.0 Å². The first kappa shape index (κ1) is 102. The first-order chi connectivity index (χ1) is 54.7. The van der Waals surface area contributed by atoms with Gasteiger partial charge in [-0.3, -0.25) is 28.8 Å². The molecule has 8 aliphatic rings. The Morgan fingerprint density at radius 3 is 1.32 bits per heavy atom. The molecule has 0 aromatic carbocycles. The number of allylic oxidation sites excluding steroid dienone is 8. The molecule has 6 aliphatic heterocycles. The second kappa shape index (κ2) is 47.8. The highest BCUT2D eigenvalue weighted by Crippen LogP contribution is 2.46. The Labute approximate surface area is 702 Å². The number of amides is 2. The largest absolute Gasteiger partial charge is 0.456 e. The minimum absolute atomic E-state index is 0. The maximum absolute atomic E-state index is 14.3. The molecule has 2 amide bonds. The normalized spacial score (nSPS) is 40.1. The molecule has 4 saturated heterocycles. The number of nitrogens with zero attached hydrogens (tertiary/aromatic N) is 2. The van der Waals surface area contributed by atoms with Crippen LogP contribution in [0.3, 0.4) is 0 Å². The lowest BCUT2D eigenvalue weighted by Gasteiger charge is -2.46. The molecule has 0 spiro atoms. The van der Waals surface area contributed by atoms with Crippen molar-refractivity contribution in [3.63, 3.8) is 0 Å². The fraction of sp³-hybridized carbons (Fsp3) is 0.761. The number of aliphatic hydroxyl groups excluding tert-OH is 4. The van der Waals surface area contributed by atoms with Crippen LogP contribution in [0.1, 0.15) is 239 Å². The van der Waals surface area contributed by atoms with Crippen LogP contribution in [0, 0.1) is 76.9 Å². The Hall–Kier alpha value is -5.52. The van der Waals surface area contributed by atoms with E-state index in [0.717, 1.165) is 40.7 Å². The van der Waals surface area contributed by atoms with E-state index in [1.165, 1.54) is 9.80 Å². The van der Waals surface area contributed by atoms with Crippen LogP contribution in [-0.4, -0.2) is 223 Å². The Morgan fingerprint density at radius 1 is 0.530 bits per heavy atom. The molecule has 0 aromatic rings. The number of piperidine rings is 2. The van der Waals surface area contributed by atoms with Crippen molar-refractivity contribution in [2.75, 3.05) is 40.4 Å². The number of ether oxygens (including phenoxy) is 6. The number of rotatable bonds is 12. The number of methoxy groups -OCH3 is 2. The van der Waals surface area contributed by atoms with Crippen LogP contribution in [0.2, 0.25) is 5.54 Å². The lowest BCUT2D eigenvalue weighted by molar-refractivity contribution is -0.282. The lowest BCUT2D eigenvalue weighted by atomic mass is 9.76. The van der Waals surface area contributed by atoms with Gasteiger partial charge in [-0.05, 0) is 214 Å². The number of aliphatic hydroxyl groups is 6. The number of nitrogens with two attached hydrogens (primary N) is 2. The van der Waals surface area contributed by atoms with Gasteiger partial charge in [0.1, 0.15) is 35.9 Å². The van der Waals surface area contributed by atoms with E-state index in [-0.39, 0.29) is 117 Å². The summed E-state index contributed by atoms with van der Waals surface area (Å²) in [6, 6.07) is -2.19. The van der Waals surface area contributed by atoms with Gasteiger partial charge in [0, 0.05) is 99.0 Å². The molecule has 117 heavy (non-hydrogen) atoms. The number of carbonyl (C=O) groups excluding carboxylic acids is 8. The van der Waals surface area contributed by atoms with E-state index in [9.17, 15) is 69.0 Å². The van der Waals surface area contributed by atoms with Gasteiger partial charge in [0.15, 0.2) is 0 Å². The molecule has 4 bridgehead atoms. The molecule has 6 fully saturated rings. The van der Waals surface area contributed by atoms with E-state index >= 15 is 0 Å². The van der Waals surface area contributed by atoms with Crippen molar-refractivity contribution in [1.29, 1.82) is 0 Å². The molecular weight excluding hydrogens is 1510 g/mol. The van der Waals surface area contributed by atoms with Gasteiger partial charge in [-0.1, -0.05) is 129 Å². The zero-order chi connectivity index (χ0) is 86.4.